The lowest BCUT2D eigenvalue weighted by Gasteiger charge is -2.23. The third-order valence-electron chi connectivity index (χ3n) is 5.14. The number of fused-ring (bicyclic) bond motifs is 1. The van der Waals surface area contributed by atoms with Crippen LogP contribution < -0.4 is 5.32 Å². The number of nitrogens with one attached hydrogen (secondary N) is 1. The fraction of sp³-hybridized carbons (Fsp3) is 0.318. The van der Waals surface area contributed by atoms with Crippen molar-refractivity contribution in [3.05, 3.63) is 64.1 Å². The van der Waals surface area contributed by atoms with Gasteiger partial charge in [0.15, 0.2) is 0 Å². The third-order valence-corrected chi connectivity index (χ3v) is 6.53. The van der Waals surface area contributed by atoms with E-state index in [1.807, 2.05) is 35.2 Å². The zero-order valence-electron chi connectivity index (χ0n) is 15.9. The molecule has 1 fully saturated rings. The summed E-state index contributed by atoms with van der Waals surface area (Å²) in [5, 5.41) is 4.52. The number of likely N-dealkylation sites (tertiary alicyclic amines) is 1. The third kappa shape index (κ3) is 4.77. The molecule has 1 N–H and O–H groups in total. The first-order chi connectivity index (χ1) is 14.1. The number of aromatic nitrogens is 1. The summed E-state index contributed by atoms with van der Waals surface area (Å²) >= 11 is 7.52. The monoisotopic (exact) mass is 427 g/mol. The second-order valence-electron chi connectivity index (χ2n) is 7.17. The Morgan fingerprint density at radius 3 is 2.72 bits per heavy atom. The number of hydrogen-bond acceptors (Lipinski definition) is 4. The zero-order valence-corrected chi connectivity index (χ0v) is 17.5. The molecule has 0 unspecified atom stereocenters. The van der Waals surface area contributed by atoms with Gasteiger partial charge in [-0.25, -0.2) is 4.98 Å². The molecule has 2 heterocycles. The van der Waals surface area contributed by atoms with Gasteiger partial charge in [-0.3, -0.25) is 9.59 Å². The second-order valence-corrected chi connectivity index (χ2v) is 8.67. The molecule has 0 bridgehead atoms. The van der Waals surface area contributed by atoms with E-state index in [0.29, 0.717) is 11.6 Å². The largest absolute Gasteiger partial charge is 0.352 e. The smallest absolute Gasteiger partial charge is 0.223 e. The maximum atomic E-state index is 12.8. The van der Waals surface area contributed by atoms with Crippen LogP contribution in [0, 0.1) is 0 Å². The maximum absolute atomic E-state index is 12.8. The Hall–Kier alpha value is -2.44. The predicted octanol–water partition coefficient (Wildman–Crippen LogP) is 4.71. The van der Waals surface area contributed by atoms with Crippen LogP contribution in [-0.2, 0) is 16.1 Å². The van der Waals surface area contributed by atoms with Crippen molar-refractivity contribution in [2.24, 2.45) is 0 Å². The Morgan fingerprint density at radius 1 is 1.14 bits per heavy atom. The van der Waals surface area contributed by atoms with Crippen LogP contribution >= 0.6 is 22.9 Å². The number of para-hydroxylation sites is 1. The Balaban J connectivity index is 1.31. The van der Waals surface area contributed by atoms with Crippen LogP contribution in [-0.4, -0.2) is 28.2 Å². The van der Waals surface area contributed by atoms with Crippen LogP contribution in [0.3, 0.4) is 0 Å². The molecule has 2 aromatic carbocycles. The van der Waals surface area contributed by atoms with Crippen LogP contribution in [0.4, 0.5) is 0 Å². The Kier molecular flexibility index (Phi) is 6.11. The quantitative estimate of drug-likeness (QED) is 0.619. The van der Waals surface area contributed by atoms with Crippen molar-refractivity contribution in [3.63, 3.8) is 0 Å². The summed E-state index contributed by atoms with van der Waals surface area (Å²) in [5.41, 5.74) is 1.96. The highest BCUT2D eigenvalue weighted by atomic mass is 35.5. The van der Waals surface area contributed by atoms with Gasteiger partial charge < -0.3 is 10.2 Å². The Labute approximate surface area is 178 Å². The van der Waals surface area contributed by atoms with E-state index >= 15 is 0 Å². The summed E-state index contributed by atoms with van der Waals surface area (Å²) in [5.74, 6) is -0.0996. The summed E-state index contributed by atoms with van der Waals surface area (Å²) in [4.78, 5) is 31.5. The minimum atomic E-state index is -0.121. The SMILES string of the molecule is O=C(CCC(=O)N1CCC[C@H]1c1nc2ccccc2s1)NCc1ccc(Cl)cc1. The molecular weight excluding hydrogens is 406 g/mol. The van der Waals surface area contributed by atoms with E-state index in [9.17, 15) is 9.59 Å². The van der Waals surface area contributed by atoms with E-state index in [1.165, 1.54) is 0 Å². The molecule has 1 aliphatic heterocycles. The number of carbonyl (C=O) groups excluding carboxylic acids is 2. The second kappa shape index (κ2) is 8.93. The molecular formula is C22H22ClN3O2S. The lowest BCUT2D eigenvalue weighted by Crippen LogP contribution is -2.32. The number of nitrogens with zero attached hydrogens (tertiary/aromatic N) is 2. The van der Waals surface area contributed by atoms with Gasteiger partial charge in [-0.1, -0.05) is 35.9 Å². The first kappa shape index (κ1) is 19.9. The maximum Gasteiger partial charge on any atom is 0.223 e. The van der Waals surface area contributed by atoms with Gasteiger partial charge in [-0.15, -0.1) is 11.3 Å². The first-order valence-corrected chi connectivity index (χ1v) is 11.0. The number of thiazole rings is 1. The first-order valence-electron chi connectivity index (χ1n) is 9.76. The molecule has 0 spiro atoms. The number of halogens is 1. The van der Waals surface area contributed by atoms with Gasteiger partial charge >= 0.3 is 0 Å². The zero-order chi connectivity index (χ0) is 20.2. The summed E-state index contributed by atoms with van der Waals surface area (Å²) < 4.78 is 1.14. The molecule has 5 nitrogen and oxygen atoms in total. The molecule has 0 radical (unpaired) electrons. The molecule has 7 heteroatoms. The number of benzene rings is 2. The molecule has 1 atom stereocenters. The van der Waals surface area contributed by atoms with Gasteiger partial charge in [0.1, 0.15) is 5.01 Å². The van der Waals surface area contributed by atoms with Crippen LogP contribution in [0.25, 0.3) is 10.2 Å². The topological polar surface area (TPSA) is 62.3 Å². The molecule has 2 amide bonds. The molecule has 0 saturated carbocycles. The summed E-state index contributed by atoms with van der Waals surface area (Å²) in [6.45, 7) is 1.16. The average molecular weight is 428 g/mol. The fourth-order valence-electron chi connectivity index (χ4n) is 3.61. The minimum Gasteiger partial charge on any atom is -0.352 e. The number of amides is 2. The van der Waals surface area contributed by atoms with Gasteiger partial charge in [0, 0.05) is 31.0 Å². The van der Waals surface area contributed by atoms with E-state index in [0.717, 1.165) is 40.2 Å². The highest BCUT2D eigenvalue weighted by molar-refractivity contribution is 7.18. The van der Waals surface area contributed by atoms with Crippen molar-refractivity contribution < 1.29 is 9.59 Å². The van der Waals surface area contributed by atoms with E-state index in [4.69, 9.17) is 16.6 Å². The standard InChI is InChI=1S/C22H22ClN3O2S/c23-16-9-7-15(8-10-16)14-24-20(27)11-12-21(28)26-13-3-5-18(26)22-25-17-4-1-2-6-19(17)29-22/h1-2,4,6-10,18H,3,5,11-14H2,(H,24,27)/t18-/m0/s1. The summed E-state index contributed by atoms with van der Waals surface area (Å²) in [6.07, 6.45) is 2.30. The molecule has 29 heavy (non-hydrogen) atoms. The van der Waals surface area contributed by atoms with Crippen molar-refractivity contribution in [2.45, 2.75) is 38.3 Å². The molecule has 1 aromatic heterocycles. The van der Waals surface area contributed by atoms with E-state index in [-0.39, 0.29) is 30.7 Å². The molecule has 3 aromatic rings. The fourth-order valence-corrected chi connectivity index (χ4v) is 4.85. The Morgan fingerprint density at radius 2 is 1.93 bits per heavy atom. The number of rotatable bonds is 6. The van der Waals surface area contributed by atoms with Crippen molar-refractivity contribution in [1.82, 2.24) is 15.2 Å². The van der Waals surface area contributed by atoms with Crippen molar-refractivity contribution >= 4 is 45.0 Å². The minimum absolute atomic E-state index is 0.0217. The highest BCUT2D eigenvalue weighted by Crippen LogP contribution is 2.36. The molecule has 0 aliphatic carbocycles. The number of carbonyl (C=O) groups is 2. The van der Waals surface area contributed by atoms with Gasteiger partial charge in [0.2, 0.25) is 11.8 Å². The normalized spacial score (nSPS) is 16.3. The lowest BCUT2D eigenvalue weighted by atomic mass is 10.2. The van der Waals surface area contributed by atoms with E-state index in [1.54, 1.807) is 23.5 Å². The van der Waals surface area contributed by atoms with Crippen LogP contribution in [0.2, 0.25) is 5.02 Å². The average Bonchev–Trinajstić information content (AvgIpc) is 3.38. The van der Waals surface area contributed by atoms with Crippen molar-refractivity contribution in [1.29, 1.82) is 0 Å². The van der Waals surface area contributed by atoms with Crippen molar-refractivity contribution in [3.8, 4) is 0 Å². The van der Waals surface area contributed by atoms with Crippen LogP contribution in [0.1, 0.15) is 42.3 Å². The summed E-state index contributed by atoms with van der Waals surface area (Å²) in [6, 6.07) is 15.4. The molecule has 150 valence electrons. The van der Waals surface area contributed by atoms with Gasteiger partial charge in [0.05, 0.1) is 16.3 Å². The highest BCUT2D eigenvalue weighted by Gasteiger charge is 2.32. The molecule has 1 aliphatic rings. The molecule has 1 saturated heterocycles. The summed E-state index contributed by atoms with van der Waals surface area (Å²) in [7, 11) is 0. The van der Waals surface area contributed by atoms with Crippen LogP contribution in [0.5, 0.6) is 0 Å². The predicted molar refractivity (Wildman–Crippen MR) is 116 cm³/mol. The van der Waals surface area contributed by atoms with Crippen molar-refractivity contribution in [2.75, 3.05) is 6.54 Å². The lowest BCUT2D eigenvalue weighted by molar-refractivity contribution is -0.134. The van der Waals surface area contributed by atoms with E-state index < -0.39 is 0 Å². The van der Waals surface area contributed by atoms with Gasteiger partial charge in [-0.05, 0) is 42.7 Å². The number of hydrogen-bond donors (Lipinski definition) is 1. The van der Waals surface area contributed by atoms with Gasteiger partial charge in [-0.2, -0.15) is 0 Å². The van der Waals surface area contributed by atoms with E-state index in [2.05, 4.69) is 11.4 Å². The Bertz CT molecular complexity index is 985. The molecule has 4 rings (SSSR count). The van der Waals surface area contributed by atoms with Gasteiger partial charge in [0.25, 0.3) is 0 Å². The van der Waals surface area contributed by atoms with Crippen LogP contribution in [0.15, 0.2) is 48.5 Å².